The van der Waals surface area contributed by atoms with Gasteiger partial charge in [-0.3, -0.25) is 19.6 Å². The standard InChI is InChI=1S/C45H53N11O3/c1-28-39(25-47-44-41(28)46-16-22-59-44)56-21-15-32-24-48-45(50-37(32)27-56)49-33-4-6-34(7-5-33)55-19-11-29(12-20-55)26-54-17-13-30(14-18-54)31-3-8-35-38(23-31)53(2)52-42(35)36-9-10-40(57)51-43(36)58/h3-8,23-25,29-30,36,46H,9-22,26-27H2,1-2H3,(H,48,49,50)(H,51,57,58). The zero-order valence-electron chi connectivity index (χ0n) is 34.0. The maximum absolute atomic E-state index is 12.6. The maximum atomic E-state index is 12.6. The summed E-state index contributed by atoms with van der Waals surface area (Å²) in [6, 6.07) is 15.4. The molecule has 5 aliphatic heterocycles. The second-order valence-electron chi connectivity index (χ2n) is 17.0. The Kier molecular flexibility index (Phi) is 10.0. The summed E-state index contributed by atoms with van der Waals surface area (Å²) in [5.74, 6) is 1.74. The van der Waals surface area contributed by atoms with Crippen LogP contribution in [0.3, 0.4) is 0 Å². The molecular weight excluding hydrogens is 743 g/mol. The number of imide groups is 1. The van der Waals surface area contributed by atoms with Crippen LogP contribution in [-0.2, 0) is 29.6 Å². The predicted molar refractivity (Wildman–Crippen MR) is 229 cm³/mol. The van der Waals surface area contributed by atoms with Crippen LogP contribution in [0.15, 0.2) is 54.9 Å². The summed E-state index contributed by atoms with van der Waals surface area (Å²) in [6.07, 6.45) is 10.4. The van der Waals surface area contributed by atoms with Crippen molar-refractivity contribution in [2.45, 2.75) is 70.3 Å². The van der Waals surface area contributed by atoms with Gasteiger partial charge in [-0.25, -0.2) is 15.0 Å². The summed E-state index contributed by atoms with van der Waals surface area (Å²) in [6.45, 7) is 10.7. The van der Waals surface area contributed by atoms with E-state index in [1.165, 1.54) is 36.2 Å². The number of pyridine rings is 1. The Morgan fingerprint density at radius 1 is 0.898 bits per heavy atom. The first-order valence-electron chi connectivity index (χ1n) is 21.4. The van der Waals surface area contributed by atoms with Crippen molar-refractivity contribution in [3.05, 3.63) is 82.9 Å². The third-order valence-corrected chi connectivity index (χ3v) is 13.4. The lowest BCUT2D eigenvalue weighted by molar-refractivity contribution is -0.134. The van der Waals surface area contributed by atoms with Crippen molar-refractivity contribution < 1.29 is 14.3 Å². The molecule has 3 saturated heterocycles. The summed E-state index contributed by atoms with van der Waals surface area (Å²) in [5, 5.41) is 15.2. The lowest BCUT2D eigenvalue weighted by atomic mass is 9.87. The molecule has 306 valence electrons. The largest absolute Gasteiger partial charge is 0.474 e. The number of carbonyl (C=O) groups is 2. The fourth-order valence-electron chi connectivity index (χ4n) is 9.94. The lowest BCUT2D eigenvalue weighted by Crippen LogP contribution is -2.41. The zero-order valence-corrected chi connectivity index (χ0v) is 34.0. The predicted octanol–water partition coefficient (Wildman–Crippen LogP) is 5.79. The van der Waals surface area contributed by atoms with Gasteiger partial charge in [0.05, 0.1) is 41.3 Å². The molecule has 14 nitrogen and oxygen atoms in total. The molecule has 3 N–H and O–H groups in total. The van der Waals surface area contributed by atoms with Crippen molar-refractivity contribution >= 4 is 51.4 Å². The highest BCUT2D eigenvalue weighted by molar-refractivity contribution is 6.02. The Balaban J connectivity index is 0.696. The SMILES string of the molecule is Cc1c(N2CCc3cnc(Nc4ccc(N5CCC(CN6CCC(c7ccc8c(C9CCC(=O)NC9=O)nn(C)c8c7)CC6)CC5)cc4)nc3C2)cnc2c1NCCO2. The van der Waals surface area contributed by atoms with Crippen molar-refractivity contribution in [3.8, 4) is 5.88 Å². The van der Waals surface area contributed by atoms with Gasteiger partial charge in [0, 0.05) is 74.7 Å². The van der Waals surface area contributed by atoms with E-state index in [4.69, 9.17) is 14.8 Å². The second kappa shape index (κ2) is 15.8. The van der Waals surface area contributed by atoms with Crippen molar-refractivity contribution in [1.82, 2.24) is 34.9 Å². The molecule has 0 aliphatic carbocycles. The van der Waals surface area contributed by atoms with Crippen molar-refractivity contribution in [1.29, 1.82) is 0 Å². The molecule has 3 aromatic heterocycles. The van der Waals surface area contributed by atoms with Gasteiger partial charge in [-0.2, -0.15) is 5.10 Å². The molecule has 1 unspecified atom stereocenters. The first-order chi connectivity index (χ1) is 28.8. The molecule has 10 rings (SSSR count). The number of aryl methyl sites for hydroxylation is 1. The fourth-order valence-corrected chi connectivity index (χ4v) is 9.94. The van der Waals surface area contributed by atoms with E-state index in [9.17, 15) is 9.59 Å². The van der Waals surface area contributed by atoms with Gasteiger partial charge >= 0.3 is 0 Å². The molecule has 14 heteroatoms. The fraction of sp³-hybridized carbons (Fsp3) is 0.467. The quantitative estimate of drug-likeness (QED) is 0.164. The number of benzene rings is 2. The topological polar surface area (TPSA) is 146 Å². The molecule has 0 bridgehead atoms. The van der Waals surface area contributed by atoms with Crippen LogP contribution in [0.1, 0.15) is 78.4 Å². The molecule has 3 fully saturated rings. The molecule has 5 aliphatic rings. The lowest BCUT2D eigenvalue weighted by Gasteiger charge is -2.38. The van der Waals surface area contributed by atoms with Crippen LogP contribution in [0.5, 0.6) is 5.88 Å². The Hall–Kier alpha value is -5.76. The third-order valence-electron chi connectivity index (χ3n) is 13.4. The minimum Gasteiger partial charge on any atom is -0.474 e. The maximum Gasteiger partial charge on any atom is 0.237 e. The average molecular weight is 796 g/mol. The number of nitrogens with zero attached hydrogens (tertiary/aromatic N) is 8. The van der Waals surface area contributed by atoms with E-state index in [0.717, 1.165) is 109 Å². The van der Waals surface area contributed by atoms with Crippen molar-refractivity contribution in [2.24, 2.45) is 13.0 Å². The van der Waals surface area contributed by atoms with Crippen molar-refractivity contribution in [2.75, 3.05) is 72.9 Å². The minimum atomic E-state index is -0.376. The molecule has 0 radical (unpaired) electrons. The molecule has 8 heterocycles. The number of piperidine rings is 3. The molecule has 1 atom stereocenters. The monoisotopic (exact) mass is 795 g/mol. The van der Waals surface area contributed by atoms with Crippen LogP contribution in [-0.4, -0.2) is 93.9 Å². The molecule has 5 aromatic rings. The minimum absolute atomic E-state index is 0.197. The second-order valence-corrected chi connectivity index (χ2v) is 17.0. The van der Waals surface area contributed by atoms with E-state index in [1.54, 1.807) is 0 Å². The number of rotatable bonds is 8. The molecule has 59 heavy (non-hydrogen) atoms. The Bertz CT molecular complexity index is 2380. The summed E-state index contributed by atoms with van der Waals surface area (Å²) in [4.78, 5) is 46.1. The van der Waals surface area contributed by atoms with Crippen LogP contribution in [0.4, 0.5) is 28.7 Å². The summed E-state index contributed by atoms with van der Waals surface area (Å²) in [7, 11) is 1.95. The first-order valence-corrected chi connectivity index (χ1v) is 21.4. The van der Waals surface area contributed by atoms with Crippen LogP contribution in [0.25, 0.3) is 10.9 Å². The Morgan fingerprint density at radius 3 is 2.54 bits per heavy atom. The Labute approximate surface area is 344 Å². The number of likely N-dealkylation sites (tertiary alicyclic amines) is 1. The molecule has 2 amide bonds. The number of carbonyl (C=O) groups excluding carboxylic acids is 2. The van der Waals surface area contributed by atoms with Gasteiger partial charge in [-0.05, 0) is 112 Å². The van der Waals surface area contributed by atoms with Crippen LogP contribution in [0, 0.1) is 12.8 Å². The molecule has 0 saturated carbocycles. The number of hydrogen-bond donors (Lipinski definition) is 3. The smallest absolute Gasteiger partial charge is 0.237 e. The normalized spacial score (nSPS) is 20.5. The number of nitrogens with one attached hydrogen (secondary N) is 3. The zero-order chi connectivity index (χ0) is 40.0. The van der Waals surface area contributed by atoms with Crippen LogP contribution in [0.2, 0.25) is 0 Å². The number of amides is 2. The highest BCUT2D eigenvalue weighted by Gasteiger charge is 2.32. The number of anilines is 5. The number of aromatic nitrogens is 5. The third kappa shape index (κ3) is 7.54. The van der Waals surface area contributed by atoms with E-state index < -0.39 is 0 Å². The van der Waals surface area contributed by atoms with Gasteiger partial charge in [0.25, 0.3) is 0 Å². The number of hydrogen-bond acceptors (Lipinski definition) is 12. The number of ether oxygens (including phenoxy) is 1. The van der Waals surface area contributed by atoms with Gasteiger partial charge in [0.2, 0.25) is 23.6 Å². The molecule has 2 aromatic carbocycles. The van der Waals surface area contributed by atoms with Gasteiger partial charge in [0.15, 0.2) is 0 Å². The Morgan fingerprint density at radius 2 is 1.73 bits per heavy atom. The molecular formula is C45H53N11O3. The first kappa shape index (κ1) is 37.5. The summed E-state index contributed by atoms with van der Waals surface area (Å²) >= 11 is 0. The van der Waals surface area contributed by atoms with E-state index in [2.05, 4.69) is 90.0 Å². The molecule has 0 spiro atoms. The number of fused-ring (bicyclic) bond motifs is 3. The van der Waals surface area contributed by atoms with Crippen LogP contribution >= 0.6 is 0 Å². The van der Waals surface area contributed by atoms with E-state index in [1.807, 2.05) is 24.1 Å². The van der Waals surface area contributed by atoms with E-state index in [0.29, 0.717) is 43.7 Å². The van der Waals surface area contributed by atoms with Gasteiger partial charge in [0.1, 0.15) is 12.3 Å². The highest BCUT2D eigenvalue weighted by atomic mass is 16.5. The van der Waals surface area contributed by atoms with E-state index in [-0.39, 0.29) is 17.7 Å². The van der Waals surface area contributed by atoms with Crippen molar-refractivity contribution in [3.63, 3.8) is 0 Å². The van der Waals surface area contributed by atoms with Gasteiger partial charge in [-0.1, -0.05) is 12.1 Å². The highest BCUT2D eigenvalue weighted by Crippen LogP contribution is 2.38. The summed E-state index contributed by atoms with van der Waals surface area (Å²) < 4.78 is 7.64. The van der Waals surface area contributed by atoms with E-state index >= 15 is 0 Å². The summed E-state index contributed by atoms with van der Waals surface area (Å²) in [5.41, 5.74) is 11.0. The average Bonchev–Trinajstić information content (AvgIpc) is 3.59. The van der Waals surface area contributed by atoms with Gasteiger partial charge < -0.3 is 30.1 Å². The van der Waals surface area contributed by atoms with Gasteiger partial charge in [-0.15, -0.1) is 0 Å². The van der Waals surface area contributed by atoms with Crippen LogP contribution < -0.4 is 30.5 Å².